The summed E-state index contributed by atoms with van der Waals surface area (Å²) in [6.45, 7) is 0.360. The molecular weight excluding hydrogens is 300 g/mol. The molecular formula is C7H6Br2MgO2. The van der Waals surface area contributed by atoms with E-state index in [1.54, 1.807) is 0 Å². The van der Waals surface area contributed by atoms with Gasteiger partial charge in [0, 0.05) is 0 Å². The first-order valence-electron chi connectivity index (χ1n) is 2.81. The second kappa shape index (κ2) is 7.00. The Kier molecular flexibility index (Phi) is 8.77. The molecule has 2 rings (SSSR count). The number of fused-ring (bicyclic) bond motifs is 1. The number of para-hydroxylation sites is 2. The van der Waals surface area contributed by atoms with Crippen molar-refractivity contribution in [2.75, 3.05) is 6.79 Å². The summed E-state index contributed by atoms with van der Waals surface area (Å²) in [6.07, 6.45) is 0. The molecule has 2 nitrogen and oxygen atoms in total. The SMILES string of the molecule is [Br-].[Br-].[Mg+2].c1ccc2c(c1)OCO2. The summed E-state index contributed by atoms with van der Waals surface area (Å²) < 4.78 is 10.2. The first-order chi connectivity index (χ1) is 4.47. The predicted octanol–water partition coefficient (Wildman–Crippen LogP) is -4.96. The van der Waals surface area contributed by atoms with E-state index in [0.29, 0.717) is 6.79 Å². The molecule has 0 aromatic heterocycles. The molecule has 0 aliphatic carbocycles. The summed E-state index contributed by atoms with van der Waals surface area (Å²) in [4.78, 5) is 0. The van der Waals surface area contributed by atoms with Crippen LogP contribution in [0.25, 0.3) is 0 Å². The molecule has 1 aliphatic heterocycles. The van der Waals surface area contributed by atoms with Crippen LogP contribution in [-0.4, -0.2) is 29.8 Å². The Morgan fingerprint density at radius 3 is 1.75 bits per heavy atom. The Bertz CT molecular complexity index is 209. The van der Waals surface area contributed by atoms with Gasteiger partial charge in [0.25, 0.3) is 0 Å². The third-order valence-corrected chi connectivity index (χ3v) is 1.28. The molecule has 0 spiro atoms. The summed E-state index contributed by atoms with van der Waals surface area (Å²) in [7, 11) is 0. The number of rotatable bonds is 0. The normalized spacial score (nSPS) is 10.3. The summed E-state index contributed by atoms with van der Waals surface area (Å²) in [5, 5.41) is 0. The summed E-state index contributed by atoms with van der Waals surface area (Å²) in [6, 6.07) is 7.63. The van der Waals surface area contributed by atoms with E-state index >= 15 is 0 Å². The van der Waals surface area contributed by atoms with E-state index in [1.807, 2.05) is 24.3 Å². The van der Waals surface area contributed by atoms with Crippen LogP contribution in [0.4, 0.5) is 0 Å². The maximum absolute atomic E-state index is 5.08. The van der Waals surface area contributed by atoms with Crippen LogP contribution in [0.15, 0.2) is 24.3 Å². The van der Waals surface area contributed by atoms with Gasteiger partial charge < -0.3 is 43.4 Å². The van der Waals surface area contributed by atoms with Crippen LogP contribution in [0.5, 0.6) is 11.5 Å². The van der Waals surface area contributed by atoms with E-state index < -0.39 is 0 Å². The Labute approximate surface area is 108 Å². The molecule has 0 amide bonds. The Balaban J connectivity index is 0. The molecule has 0 atom stereocenters. The van der Waals surface area contributed by atoms with Gasteiger partial charge in [-0.25, -0.2) is 0 Å². The van der Waals surface area contributed by atoms with Gasteiger partial charge in [0.05, 0.1) is 0 Å². The number of ether oxygens (including phenoxy) is 2. The summed E-state index contributed by atoms with van der Waals surface area (Å²) >= 11 is 0. The summed E-state index contributed by atoms with van der Waals surface area (Å²) in [5.74, 6) is 1.69. The van der Waals surface area contributed by atoms with E-state index in [4.69, 9.17) is 9.47 Å². The van der Waals surface area contributed by atoms with Crippen LogP contribution in [0.3, 0.4) is 0 Å². The summed E-state index contributed by atoms with van der Waals surface area (Å²) in [5.41, 5.74) is 0. The molecule has 1 aromatic carbocycles. The third kappa shape index (κ3) is 3.12. The fourth-order valence-corrected chi connectivity index (χ4v) is 0.845. The van der Waals surface area contributed by atoms with E-state index in [1.165, 1.54) is 0 Å². The van der Waals surface area contributed by atoms with Crippen molar-refractivity contribution in [3.8, 4) is 11.5 Å². The molecule has 0 saturated heterocycles. The van der Waals surface area contributed by atoms with Gasteiger partial charge in [-0.2, -0.15) is 0 Å². The second-order valence-corrected chi connectivity index (χ2v) is 1.85. The minimum Gasteiger partial charge on any atom is -1.00 e. The van der Waals surface area contributed by atoms with Crippen LogP contribution in [0.2, 0.25) is 0 Å². The fourth-order valence-electron chi connectivity index (χ4n) is 0.845. The number of halogens is 2. The van der Waals surface area contributed by atoms with Gasteiger partial charge in [0.2, 0.25) is 6.79 Å². The maximum Gasteiger partial charge on any atom is 2.00 e. The van der Waals surface area contributed by atoms with Gasteiger partial charge in [0.1, 0.15) is 0 Å². The molecule has 5 heteroatoms. The molecule has 12 heavy (non-hydrogen) atoms. The van der Waals surface area contributed by atoms with Crippen LogP contribution in [0.1, 0.15) is 0 Å². The monoisotopic (exact) mass is 304 g/mol. The maximum atomic E-state index is 5.08. The largest absolute Gasteiger partial charge is 2.00 e. The van der Waals surface area contributed by atoms with Crippen molar-refractivity contribution in [1.29, 1.82) is 0 Å². The molecule has 1 aromatic rings. The van der Waals surface area contributed by atoms with Crippen molar-refractivity contribution in [2.24, 2.45) is 0 Å². The van der Waals surface area contributed by atoms with Gasteiger partial charge in [-0.05, 0) is 12.1 Å². The Hall–Kier alpha value is 0.546. The average molecular weight is 306 g/mol. The first-order valence-corrected chi connectivity index (χ1v) is 2.81. The zero-order valence-corrected chi connectivity index (χ0v) is 10.9. The van der Waals surface area contributed by atoms with Crippen molar-refractivity contribution in [1.82, 2.24) is 0 Å². The molecule has 0 fully saturated rings. The van der Waals surface area contributed by atoms with Gasteiger partial charge in [-0.3, -0.25) is 0 Å². The first kappa shape index (κ1) is 15.0. The van der Waals surface area contributed by atoms with Crippen molar-refractivity contribution in [3.63, 3.8) is 0 Å². The smallest absolute Gasteiger partial charge is 1.00 e. The Morgan fingerprint density at radius 2 is 1.33 bits per heavy atom. The zero-order chi connectivity index (χ0) is 6.10. The van der Waals surface area contributed by atoms with Crippen molar-refractivity contribution in [3.05, 3.63) is 24.3 Å². The second-order valence-electron chi connectivity index (χ2n) is 1.85. The molecule has 62 valence electrons. The van der Waals surface area contributed by atoms with Crippen LogP contribution in [-0.2, 0) is 0 Å². The van der Waals surface area contributed by atoms with Crippen LogP contribution < -0.4 is 43.4 Å². The number of benzene rings is 1. The van der Waals surface area contributed by atoms with Crippen LogP contribution >= 0.6 is 0 Å². The van der Waals surface area contributed by atoms with E-state index in [2.05, 4.69) is 0 Å². The minimum absolute atomic E-state index is 0. The van der Waals surface area contributed by atoms with Gasteiger partial charge in [0.15, 0.2) is 11.5 Å². The molecule has 0 bridgehead atoms. The molecule has 0 N–H and O–H groups in total. The predicted molar refractivity (Wildman–Crippen MR) is 38.3 cm³/mol. The molecule has 1 heterocycles. The number of hydrogen-bond donors (Lipinski definition) is 0. The van der Waals surface area contributed by atoms with Gasteiger partial charge in [-0.15, -0.1) is 0 Å². The fraction of sp³-hybridized carbons (Fsp3) is 0.143. The van der Waals surface area contributed by atoms with Gasteiger partial charge >= 0.3 is 23.1 Å². The van der Waals surface area contributed by atoms with Crippen molar-refractivity contribution in [2.45, 2.75) is 0 Å². The minimum atomic E-state index is 0. The van der Waals surface area contributed by atoms with Crippen LogP contribution in [0, 0.1) is 0 Å². The molecule has 1 aliphatic rings. The van der Waals surface area contributed by atoms with E-state index in [-0.39, 0.29) is 57.0 Å². The molecule has 0 radical (unpaired) electrons. The van der Waals surface area contributed by atoms with E-state index in [9.17, 15) is 0 Å². The zero-order valence-electron chi connectivity index (χ0n) is 6.30. The number of hydrogen-bond acceptors (Lipinski definition) is 2. The van der Waals surface area contributed by atoms with Gasteiger partial charge in [-0.1, -0.05) is 12.1 Å². The molecule has 0 unspecified atom stereocenters. The van der Waals surface area contributed by atoms with E-state index in [0.717, 1.165) is 11.5 Å². The standard InChI is InChI=1S/C7H6O2.2BrH.Mg/c1-2-4-7-6(3-1)8-5-9-7;;;/h1-4H,5H2;2*1H;/q;;;+2/p-2. The topological polar surface area (TPSA) is 18.5 Å². The van der Waals surface area contributed by atoms with Crippen molar-refractivity contribution < 1.29 is 43.4 Å². The molecule has 0 saturated carbocycles. The quantitative estimate of drug-likeness (QED) is 0.447. The average Bonchev–Trinajstić information content (AvgIpc) is 2.33. The van der Waals surface area contributed by atoms with Crippen molar-refractivity contribution >= 4 is 23.1 Å². The third-order valence-electron chi connectivity index (χ3n) is 1.28. The Morgan fingerprint density at radius 1 is 0.917 bits per heavy atom.